The van der Waals surface area contributed by atoms with E-state index in [-0.39, 0.29) is 5.82 Å². The third-order valence-corrected chi connectivity index (χ3v) is 5.01. The van der Waals surface area contributed by atoms with Gasteiger partial charge in [-0.3, -0.25) is 0 Å². The van der Waals surface area contributed by atoms with Crippen molar-refractivity contribution in [2.75, 3.05) is 19.5 Å². The van der Waals surface area contributed by atoms with Crippen LogP contribution in [0.2, 0.25) is 0 Å². The van der Waals surface area contributed by atoms with Crippen LogP contribution < -0.4 is 0 Å². The Morgan fingerprint density at radius 2 is 2.00 bits per heavy atom. The van der Waals surface area contributed by atoms with Crippen LogP contribution in [0.3, 0.4) is 0 Å². The zero-order valence-electron chi connectivity index (χ0n) is 12.3. The van der Waals surface area contributed by atoms with E-state index < -0.39 is 0 Å². The molecule has 0 aliphatic carbocycles. The number of methoxy groups -OCH3 is 1. The lowest BCUT2D eigenvalue weighted by atomic mass is 10.1. The number of aromatic nitrogens is 2. The van der Waals surface area contributed by atoms with Crippen LogP contribution in [-0.2, 0) is 4.74 Å². The van der Waals surface area contributed by atoms with Crippen molar-refractivity contribution in [3.05, 3.63) is 41.3 Å². The zero-order chi connectivity index (χ0) is 15.5. The van der Waals surface area contributed by atoms with Gasteiger partial charge >= 0.3 is 0 Å². The molecule has 0 unspecified atom stereocenters. The van der Waals surface area contributed by atoms with Crippen LogP contribution in [0.1, 0.15) is 5.82 Å². The number of fused-ring (bicyclic) bond motifs is 1. The number of ether oxygens (including phenoxy) is 1. The molecule has 3 aromatic rings. The summed E-state index contributed by atoms with van der Waals surface area (Å²) < 4.78 is 18.3. The molecule has 0 spiro atoms. The van der Waals surface area contributed by atoms with Gasteiger partial charge in [-0.05, 0) is 24.6 Å². The topological polar surface area (TPSA) is 35.0 Å². The number of benzene rings is 1. The second kappa shape index (κ2) is 6.73. The normalized spacial score (nSPS) is 11.2. The number of halogens is 1. The predicted octanol–water partition coefficient (Wildman–Crippen LogP) is 4.54. The summed E-state index contributed by atoms with van der Waals surface area (Å²) >= 11 is 3.25. The SMILES string of the molecule is COCCSc1nc(C)nc2scc(-c3ccc(F)cc3)c12. The quantitative estimate of drug-likeness (QED) is 0.390. The van der Waals surface area contributed by atoms with Gasteiger partial charge in [0.25, 0.3) is 0 Å². The van der Waals surface area contributed by atoms with E-state index in [1.165, 1.54) is 12.1 Å². The molecule has 0 radical (unpaired) electrons. The first-order valence-corrected chi connectivity index (χ1v) is 8.69. The van der Waals surface area contributed by atoms with Crippen LogP contribution >= 0.6 is 23.1 Å². The van der Waals surface area contributed by atoms with Gasteiger partial charge in [0, 0.05) is 23.8 Å². The van der Waals surface area contributed by atoms with Crippen molar-refractivity contribution in [1.82, 2.24) is 9.97 Å². The van der Waals surface area contributed by atoms with Gasteiger partial charge in [0.1, 0.15) is 21.5 Å². The summed E-state index contributed by atoms with van der Waals surface area (Å²) in [5.74, 6) is 1.37. The number of rotatable bonds is 5. The lowest BCUT2D eigenvalue weighted by Gasteiger charge is -2.06. The molecule has 0 atom stereocenters. The van der Waals surface area contributed by atoms with Gasteiger partial charge in [0.15, 0.2) is 0 Å². The molecule has 0 fully saturated rings. The van der Waals surface area contributed by atoms with E-state index in [0.29, 0.717) is 6.61 Å². The van der Waals surface area contributed by atoms with E-state index in [9.17, 15) is 4.39 Å². The van der Waals surface area contributed by atoms with E-state index >= 15 is 0 Å². The standard InChI is InChI=1S/C16H15FN2OS2/c1-10-18-15(21-8-7-20-2)14-13(9-22-16(14)19-10)11-3-5-12(17)6-4-11/h3-6,9H,7-8H2,1-2H3. The molecule has 0 saturated heterocycles. The molecule has 0 N–H and O–H groups in total. The van der Waals surface area contributed by atoms with Crippen LogP contribution in [0.15, 0.2) is 34.7 Å². The van der Waals surface area contributed by atoms with Crippen molar-refractivity contribution in [1.29, 1.82) is 0 Å². The molecule has 0 amide bonds. The average Bonchev–Trinajstić information content (AvgIpc) is 2.92. The molecule has 6 heteroatoms. The first-order valence-electron chi connectivity index (χ1n) is 6.82. The Bertz CT molecular complexity index is 787. The molecular weight excluding hydrogens is 319 g/mol. The number of hydrogen-bond acceptors (Lipinski definition) is 5. The highest BCUT2D eigenvalue weighted by molar-refractivity contribution is 7.99. The maximum absolute atomic E-state index is 13.1. The van der Waals surface area contributed by atoms with Gasteiger partial charge in [-0.2, -0.15) is 0 Å². The Morgan fingerprint density at radius 1 is 1.23 bits per heavy atom. The lowest BCUT2D eigenvalue weighted by Crippen LogP contribution is -1.95. The number of hydrogen-bond donors (Lipinski definition) is 0. The fourth-order valence-corrected chi connectivity index (χ4v) is 4.23. The summed E-state index contributed by atoms with van der Waals surface area (Å²) in [4.78, 5) is 10.1. The minimum Gasteiger partial charge on any atom is -0.384 e. The molecule has 3 nitrogen and oxygen atoms in total. The number of thioether (sulfide) groups is 1. The Balaban J connectivity index is 2.09. The van der Waals surface area contributed by atoms with E-state index in [1.807, 2.05) is 6.92 Å². The molecule has 3 rings (SSSR count). The maximum Gasteiger partial charge on any atom is 0.128 e. The fourth-order valence-electron chi connectivity index (χ4n) is 2.18. The van der Waals surface area contributed by atoms with Crippen molar-refractivity contribution in [3.63, 3.8) is 0 Å². The molecule has 0 bridgehead atoms. The third kappa shape index (κ3) is 3.14. The van der Waals surface area contributed by atoms with E-state index in [2.05, 4.69) is 15.3 Å². The molecule has 22 heavy (non-hydrogen) atoms. The zero-order valence-corrected chi connectivity index (χ0v) is 13.9. The summed E-state index contributed by atoms with van der Waals surface area (Å²) in [7, 11) is 1.69. The summed E-state index contributed by atoms with van der Waals surface area (Å²) in [5.41, 5.74) is 2.04. The largest absolute Gasteiger partial charge is 0.384 e. The lowest BCUT2D eigenvalue weighted by molar-refractivity contribution is 0.218. The summed E-state index contributed by atoms with van der Waals surface area (Å²) in [6.45, 7) is 2.57. The van der Waals surface area contributed by atoms with E-state index in [0.717, 1.165) is 37.9 Å². The summed E-state index contributed by atoms with van der Waals surface area (Å²) in [5, 5.41) is 4.07. The molecule has 2 aromatic heterocycles. The van der Waals surface area contributed by atoms with Gasteiger partial charge in [0.2, 0.25) is 0 Å². The number of thiophene rings is 1. The number of aryl methyl sites for hydroxylation is 1. The number of nitrogens with zero attached hydrogens (tertiary/aromatic N) is 2. The highest BCUT2D eigenvalue weighted by Crippen LogP contribution is 2.38. The average molecular weight is 334 g/mol. The van der Waals surface area contributed by atoms with Gasteiger partial charge in [-0.1, -0.05) is 12.1 Å². The Labute approximate surface area is 136 Å². The highest BCUT2D eigenvalue weighted by atomic mass is 32.2. The Morgan fingerprint density at radius 3 is 2.73 bits per heavy atom. The van der Waals surface area contributed by atoms with Crippen LogP contribution in [0.4, 0.5) is 4.39 Å². The minimum absolute atomic E-state index is 0.231. The highest BCUT2D eigenvalue weighted by Gasteiger charge is 2.14. The van der Waals surface area contributed by atoms with Crippen molar-refractivity contribution < 1.29 is 9.13 Å². The fraction of sp³-hybridized carbons (Fsp3) is 0.250. The van der Waals surface area contributed by atoms with Gasteiger partial charge in [0.05, 0.1) is 12.0 Å². The maximum atomic E-state index is 13.1. The second-order valence-corrected chi connectivity index (χ2v) is 6.70. The second-order valence-electron chi connectivity index (χ2n) is 4.75. The molecule has 0 saturated carbocycles. The van der Waals surface area contributed by atoms with Crippen LogP contribution in [-0.4, -0.2) is 29.4 Å². The molecule has 2 heterocycles. The molecule has 114 valence electrons. The van der Waals surface area contributed by atoms with Crippen molar-refractivity contribution in [2.45, 2.75) is 11.9 Å². The first kappa shape index (κ1) is 15.4. The predicted molar refractivity (Wildman–Crippen MR) is 90.1 cm³/mol. The van der Waals surface area contributed by atoms with Gasteiger partial charge in [-0.15, -0.1) is 23.1 Å². The molecule has 0 aliphatic rings. The Hall–Kier alpha value is -1.50. The van der Waals surface area contributed by atoms with E-state index in [4.69, 9.17) is 4.74 Å². The smallest absolute Gasteiger partial charge is 0.128 e. The van der Waals surface area contributed by atoms with Gasteiger partial charge in [-0.25, -0.2) is 14.4 Å². The van der Waals surface area contributed by atoms with Crippen LogP contribution in [0.25, 0.3) is 21.3 Å². The molecule has 1 aromatic carbocycles. The van der Waals surface area contributed by atoms with E-state index in [1.54, 1.807) is 42.3 Å². The van der Waals surface area contributed by atoms with Crippen molar-refractivity contribution >= 4 is 33.3 Å². The minimum atomic E-state index is -0.231. The monoisotopic (exact) mass is 334 g/mol. The van der Waals surface area contributed by atoms with Crippen molar-refractivity contribution in [2.24, 2.45) is 0 Å². The molecular formula is C16H15FN2OS2. The summed E-state index contributed by atoms with van der Waals surface area (Å²) in [6.07, 6.45) is 0. The van der Waals surface area contributed by atoms with Crippen LogP contribution in [0.5, 0.6) is 0 Å². The van der Waals surface area contributed by atoms with Crippen LogP contribution in [0, 0.1) is 12.7 Å². The van der Waals surface area contributed by atoms with Gasteiger partial charge < -0.3 is 4.74 Å². The third-order valence-electron chi connectivity index (χ3n) is 3.19. The van der Waals surface area contributed by atoms with Crippen molar-refractivity contribution in [3.8, 4) is 11.1 Å². The summed E-state index contributed by atoms with van der Waals surface area (Å²) in [6, 6.07) is 6.54. The molecule has 0 aliphatic heterocycles. The Kier molecular flexibility index (Phi) is 4.71. The first-order chi connectivity index (χ1) is 10.7.